The van der Waals surface area contributed by atoms with Gasteiger partial charge in [-0.15, -0.1) is 0 Å². The van der Waals surface area contributed by atoms with E-state index in [1.807, 2.05) is 26.8 Å². The predicted octanol–water partition coefficient (Wildman–Crippen LogP) is 4.13. The quantitative estimate of drug-likeness (QED) is 0.799. The first-order chi connectivity index (χ1) is 10.7. The highest BCUT2D eigenvalue weighted by Gasteiger charge is 2.39. The van der Waals surface area contributed by atoms with Crippen LogP contribution in [-0.2, 0) is 11.3 Å². The molecule has 4 nitrogen and oxygen atoms in total. The van der Waals surface area contributed by atoms with Crippen molar-refractivity contribution in [3.05, 3.63) is 34.1 Å². The number of benzene rings is 1. The summed E-state index contributed by atoms with van der Waals surface area (Å²) >= 11 is 3.25. The standard InChI is InChI=1S/C17H24BrFN2O2/c1-16(2,3)23-15(22)21-17(7-4-8-17)11-20-10-12-5-6-13(18)9-14(12)19/h5-6,9,20H,4,7-8,10-11H2,1-3H3,(H,21,22). The van der Waals surface area contributed by atoms with Crippen molar-refractivity contribution in [1.82, 2.24) is 10.6 Å². The zero-order valence-corrected chi connectivity index (χ0v) is 15.4. The molecule has 1 aliphatic rings. The van der Waals surface area contributed by atoms with Crippen LogP contribution in [0.3, 0.4) is 0 Å². The second-order valence-electron chi connectivity index (χ2n) is 7.10. The third-order valence-corrected chi connectivity index (χ3v) is 4.36. The summed E-state index contributed by atoms with van der Waals surface area (Å²) in [7, 11) is 0. The highest BCUT2D eigenvalue weighted by molar-refractivity contribution is 9.10. The molecule has 23 heavy (non-hydrogen) atoms. The first-order valence-corrected chi connectivity index (χ1v) is 8.64. The minimum Gasteiger partial charge on any atom is -0.444 e. The summed E-state index contributed by atoms with van der Waals surface area (Å²) in [6.45, 7) is 6.55. The second-order valence-corrected chi connectivity index (χ2v) is 8.02. The summed E-state index contributed by atoms with van der Waals surface area (Å²) in [6, 6.07) is 5.02. The number of hydrogen-bond donors (Lipinski definition) is 2. The number of carbonyl (C=O) groups is 1. The van der Waals surface area contributed by atoms with Crippen LogP contribution in [0, 0.1) is 5.82 Å². The number of amides is 1. The van der Waals surface area contributed by atoms with Gasteiger partial charge in [-0.3, -0.25) is 0 Å². The molecule has 0 aromatic heterocycles. The molecule has 128 valence electrons. The van der Waals surface area contributed by atoms with Gasteiger partial charge in [-0.05, 0) is 52.2 Å². The van der Waals surface area contributed by atoms with Gasteiger partial charge in [0, 0.05) is 23.1 Å². The third kappa shape index (κ3) is 5.46. The van der Waals surface area contributed by atoms with Crippen LogP contribution in [0.25, 0.3) is 0 Å². The van der Waals surface area contributed by atoms with E-state index in [1.54, 1.807) is 6.07 Å². The van der Waals surface area contributed by atoms with Gasteiger partial charge < -0.3 is 15.4 Å². The summed E-state index contributed by atoms with van der Waals surface area (Å²) in [5.74, 6) is -0.241. The maximum absolute atomic E-state index is 13.8. The fourth-order valence-corrected chi connectivity index (χ4v) is 2.90. The monoisotopic (exact) mass is 386 g/mol. The Hall–Kier alpha value is -1.14. The van der Waals surface area contributed by atoms with Gasteiger partial charge in [-0.2, -0.15) is 0 Å². The van der Waals surface area contributed by atoms with Gasteiger partial charge in [-0.25, -0.2) is 9.18 Å². The average molecular weight is 387 g/mol. The Kier molecular flexibility index (Phi) is 5.68. The molecule has 1 amide bonds. The van der Waals surface area contributed by atoms with Crippen molar-refractivity contribution >= 4 is 22.0 Å². The zero-order valence-electron chi connectivity index (χ0n) is 13.8. The highest BCUT2D eigenvalue weighted by Crippen LogP contribution is 2.31. The molecule has 6 heteroatoms. The molecule has 0 unspecified atom stereocenters. The third-order valence-electron chi connectivity index (χ3n) is 3.87. The summed E-state index contributed by atoms with van der Waals surface area (Å²) in [5.41, 5.74) is -0.183. The number of alkyl carbamates (subject to hydrolysis) is 1. The molecule has 1 aromatic carbocycles. The predicted molar refractivity (Wildman–Crippen MR) is 91.8 cm³/mol. The van der Waals surface area contributed by atoms with Crippen molar-refractivity contribution in [3.8, 4) is 0 Å². The van der Waals surface area contributed by atoms with Gasteiger partial charge >= 0.3 is 6.09 Å². The van der Waals surface area contributed by atoms with E-state index in [1.165, 1.54) is 6.07 Å². The van der Waals surface area contributed by atoms with Crippen molar-refractivity contribution in [1.29, 1.82) is 0 Å². The van der Waals surface area contributed by atoms with Gasteiger partial charge in [0.15, 0.2) is 0 Å². The van der Waals surface area contributed by atoms with Crippen LogP contribution in [0.2, 0.25) is 0 Å². The van der Waals surface area contributed by atoms with Crippen LogP contribution in [0.15, 0.2) is 22.7 Å². The molecule has 1 saturated carbocycles. The van der Waals surface area contributed by atoms with Crippen molar-refractivity contribution in [2.24, 2.45) is 0 Å². The lowest BCUT2D eigenvalue weighted by Gasteiger charge is -2.42. The van der Waals surface area contributed by atoms with E-state index in [0.717, 1.165) is 23.7 Å². The Morgan fingerprint density at radius 3 is 2.61 bits per heavy atom. The highest BCUT2D eigenvalue weighted by atomic mass is 79.9. The van der Waals surface area contributed by atoms with Crippen LogP contribution < -0.4 is 10.6 Å². The van der Waals surface area contributed by atoms with E-state index in [9.17, 15) is 9.18 Å². The minimum absolute atomic E-state index is 0.241. The van der Waals surface area contributed by atoms with E-state index < -0.39 is 11.7 Å². The Morgan fingerprint density at radius 1 is 1.39 bits per heavy atom. The van der Waals surface area contributed by atoms with Gasteiger partial charge in [0.2, 0.25) is 0 Å². The van der Waals surface area contributed by atoms with Crippen molar-refractivity contribution < 1.29 is 13.9 Å². The lowest BCUT2D eigenvalue weighted by Crippen LogP contribution is -2.59. The maximum Gasteiger partial charge on any atom is 0.408 e. The van der Waals surface area contributed by atoms with Crippen LogP contribution in [-0.4, -0.2) is 23.8 Å². The molecule has 2 N–H and O–H groups in total. The molecule has 0 bridgehead atoms. The van der Waals surface area contributed by atoms with E-state index in [-0.39, 0.29) is 11.4 Å². The van der Waals surface area contributed by atoms with E-state index >= 15 is 0 Å². The molecule has 1 aromatic rings. The van der Waals surface area contributed by atoms with Gasteiger partial charge in [-0.1, -0.05) is 22.0 Å². The molecule has 0 radical (unpaired) electrons. The lowest BCUT2D eigenvalue weighted by molar-refractivity contribution is 0.0382. The summed E-state index contributed by atoms with van der Waals surface area (Å²) in [5, 5.41) is 6.22. The molecule has 1 fully saturated rings. The maximum atomic E-state index is 13.8. The fraction of sp³-hybridized carbons (Fsp3) is 0.588. The Labute approximate surface area is 145 Å². The van der Waals surface area contributed by atoms with Crippen LogP contribution in [0.5, 0.6) is 0 Å². The SMILES string of the molecule is CC(C)(C)OC(=O)NC1(CNCc2ccc(Br)cc2F)CCC1. The average Bonchev–Trinajstić information content (AvgIpc) is 2.36. The van der Waals surface area contributed by atoms with E-state index in [0.29, 0.717) is 18.7 Å². The summed E-state index contributed by atoms with van der Waals surface area (Å²) < 4.78 is 19.8. The molecule has 1 aliphatic carbocycles. The largest absolute Gasteiger partial charge is 0.444 e. The van der Waals surface area contributed by atoms with Crippen LogP contribution in [0.1, 0.15) is 45.6 Å². The lowest BCUT2D eigenvalue weighted by atomic mass is 9.76. The first-order valence-electron chi connectivity index (χ1n) is 7.85. The number of nitrogens with one attached hydrogen (secondary N) is 2. The minimum atomic E-state index is -0.511. The Morgan fingerprint density at radius 2 is 2.09 bits per heavy atom. The summed E-state index contributed by atoms with van der Waals surface area (Å²) in [4.78, 5) is 12.0. The topological polar surface area (TPSA) is 50.4 Å². The number of ether oxygens (including phenoxy) is 1. The molecule has 2 rings (SSSR count). The van der Waals surface area contributed by atoms with E-state index in [4.69, 9.17) is 4.74 Å². The van der Waals surface area contributed by atoms with Gasteiger partial charge in [0.05, 0.1) is 5.54 Å². The molecule has 0 atom stereocenters. The van der Waals surface area contributed by atoms with Crippen molar-refractivity contribution in [2.45, 2.75) is 57.7 Å². The number of carbonyl (C=O) groups excluding carboxylic acids is 1. The summed E-state index contributed by atoms with van der Waals surface area (Å²) in [6.07, 6.45) is 2.49. The molecule has 0 aliphatic heterocycles. The zero-order chi connectivity index (χ0) is 17.1. The molecular formula is C17H24BrFN2O2. The number of rotatable bonds is 5. The molecule has 0 saturated heterocycles. The van der Waals surface area contributed by atoms with E-state index in [2.05, 4.69) is 26.6 Å². The first kappa shape index (κ1) is 18.2. The normalized spacial score (nSPS) is 16.6. The van der Waals surface area contributed by atoms with Crippen LogP contribution >= 0.6 is 15.9 Å². The fourth-order valence-electron chi connectivity index (χ4n) is 2.57. The van der Waals surface area contributed by atoms with Crippen LogP contribution in [0.4, 0.5) is 9.18 Å². The smallest absolute Gasteiger partial charge is 0.408 e. The Balaban J connectivity index is 1.86. The molecular weight excluding hydrogens is 363 g/mol. The van der Waals surface area contributed by atoms with Gasteiger partial charge in [0.25, 0.3) is 0 Å². The van der Waals surface area contributed by atoms with Crippen molar-refractivity contribution in [2.75, 3.05) is 6.54 Å². The molecule has 0 spiro atoms. The Bertz CT molecular complexity index is 568. The number of halogens is 2. The second kappa shape index (κ2) is 7.18. The number of hydrogen-bond acceptors (Lipinski definition) is 3. The van der Waals surface area contributed by atoms with Gasteiger partial charge in [0.1, 0.15) is 11.4 Å². The molecule has 0 heterocycles. The van der Waals surface area contributed by atoms with Crippen molar-refractivity contribution in [3.63, 3.8) is 0 Å².